The number of nitrogens with zero attached hydrogens (tertiary/aromatic N) is 2. The Labute approximate surface area is 251 Å². The highest BCUT2D eigenvalue weighted by Crippen LogP contribution is 2.27. The molecule has 0 aromatic heterocycles. The highest BCUT2D eigenvalue weighted by Gasteiger charge is 2.27. The SMILES string of the molecule is COc1cccc(N(CC(=O)N/N=C\c2ccc(OCC(=O)Nc3ccc(C)cc3)cc2)S(=O)(=O)c2ccc(C)cc2)c1. The molecule has 2 N–H and O–H groups in total. The molecule has 222 valence electrons. The molecule has 10 nitrogen and oxygen atoms in total. The molecule has 4 aromatic carbocycles. The molecule has 0 heterocycles. The molecule has 0 aliphatic carbocycles. The first-order valence-corrected chi connectivity index (χ1v) is 14.7. The van der Waals surface area contributed by atoms with Crippen LogP contribution in [0.4, 0.5) is 11.4 Å². The lowest BCUT2D eigenvalue weighted by atomic mass is 10.2. The quantitative estimate of drug-likeness (QED) is 0.180. The van der Waals surface area contributed by atoms with E-state index in [9.17, 15) is 18.0 Å². The van der Waals surface area contributed by atoms with Crippen LogP contribution in [0.2, 0.25) is 0 Å². The number of nitrogens with one attached hydrogen (secondary N) is 2. The highest BCUT2D eigenvalue weighted by atomic mass is 32.2. The number of aryl methyl sites for hydroxylation is 2. The maximum Gasteiger partial charge on any atom is 0.264 e. The third-order valence-electron chi connectivity index (χ3n) is 6.23. The molecule has 0 aliphatic rings. The molecular weight excluding hydrogens is 568 g/mol. The Bertz CT molecular complexity index is 1690. The topological polar surface area (TPSA) is 126 Å². The zero-order valence-electron chi connectivity index (χ0n) is 24.0. The van der Waals surface area contributed by atoms with Crippen molar-refractivity contribution in [1.82, 2.24) is 5.43 Å². The molecule has 0 saturated heterocycles. The van der Waals surface area contributed by atoms with Crippen LogP contribution in [0.3, 0.4) is 0 Å². The summed E-state index contributed by atoms with van der Waals surface area (Å²) in [6.45, 7) is 3.15. The molecule has 11 heteroatoms. The van der Waals surface area contributed by atoms with E-state index in [2.05, 4.69) is 15.8 Å². The number of carbonyl (C=O) groups excluding carboxylic acids is 2. The number of sulfonamides is 1. The zero-order valence-corrected chi connectivity index (χ0v) is 24.8. The number of rotatable bonds is 12. The second kappa shape index (κ2) is 14.1. The molecule has 4 aromatic rings. The van der Waals surface area contributed by atoms with Gasteiger partial charge in [0.15, 0.2) is 6.61 Å². The van der Waals surface area contributed by atoms with Gasteiger partial charge < -0.3 is 14.8 Å². The summed E-state index contributed by atoms with van der Waals surface area (Å²) in [5.74, 6) is -0.00581. The summed E-state index contributed by atoms with van der Waals surface area (Å²) in [6.07, 6.45) is 1.41. The highest BCUT2D eigenvalue weighted by molar-refractivity contribution is 7.92. The van der Waals surface area contributed by atoms with Gasteiger partial charge >= 0.3 is 0 Å². The van der Waals surface area contributed by atoms with E-state index in [1.54, 1.807) is 54.6 Å². The second-order valence-electron chi connectivity index (χ2n) is 9.59. The Kier molecular flexibility index (Phi) is 10.1. The van der Waals surface area contributed by atoms with Crippen molar-refractivity contribution in [2.24, 2.45) is 5.10 Å². The molecule has 0 bridgehead atoms. The van der Waals surface area contributed by atoms with Gasteiger partial charge in [0.2, 0.25) is 0 Å². The zero-order chi connectivity index (χ0) is 30.8. The monoisotopic (exact) mass is 600 g/mol. The van der Waals surface area contributed by atoms with Crippen LogP contribution in [0.15, 0.2) is 107 Å². The molecule has 0 fully saturated rings. The van der Waals surface area contributed by atoms with Crippen molar-refractivity contribution in [3.8, 4) is 11.5 Å². The first kappa shape index (κ1) is 30.8. The molecule has 0 radical (unpaired) electrons. The van der Waals surface area contributed by atoms with Gasteiger partial charge in [0.05, 0.1) is 23.9 Å². The van der Waals surface area contributed by atoms with Crippen LogP contribution >= 0.6 is 0 Å². The van der Waals surface area contributed by atoms with Crippen molar-refractivity contribution in [1.29, 1.82) is 0 Å². The first-order chi connectivity index (χ1) is 20.6. The second-order valence-corrected chi connectivity index (χ2v) is 11.5. The lowest BCUT2D eigenvalue weighted by Gasteiger charge is -2.24. The van der Waals surface area contributed by atoms with Crippen molar-refractivity contribution in [3.05, 3.63) is 114 Å². The van der Waals surface area contributed by atoms with Gasteiger partial charge in [0, 0.05) is 11.8 Å². The molecule has 0 spiro atoms. The Morgan fingerprint density at radius 2 is 1.49 bits per heavy atom. The summed E-state index contributed by atoms with van der Waals surface area (Å²) in [7, 11) is -2.61. The average molecular weight is 601 g/mol. The first-order valence-electron chi connectivity index (χ1n) is 13.3. The van der Waals surface area contributed by atoms with Crippen molar-refractivity contribution >= 4 is 39.4 Å². The number of methoxy groups -OCH3 is 1. The lowest BCUT2D eigenvalue weighted by Crippen LogP contribution is -2.39. The molecule has 0 unspecified atom stereocenters. The van der Waals surface area contributed by atoms with Crippen molar-refractivity contribution in [2.75, 3.05) is 29.9 Å². The fraction of sp³-hybridized carbons (Fsp3) is 0.156. The van der Waals surface area contributed by atoms with E-state index < -0.39 is 22.5 Å². The Morgan fingerprint density at radius 1 is 0.837 bits per heavy atom. The van der Waals surface area contributed by atoms with Crippen LogP contribution in [0, 0.1) is 13.8 Å². The van der Waals surface area contributed by atoms with Gasteiger partial charge in [0.25, 0.3) is 21.8 Å². The normalized spacial score (nSPS) is 11.1. The van der Waals surface area contributed by atoms with Gasteiger partial charge in [-0.1, -0.05) is 41.5 Å². The maximum absolute atomic E-state index is 13.5. The molecule has 0 atom stereocenters. The minimum Gasteiger partial charge on any atom is -0.497 e. The fourth-order valence-corrected chi connectivity index (χ4v) is 5.31. The fourth-order valence-electron chi connectivity index (χ4n) is 3.90. The minimum atomic E-state index is -4.08. The van der Waals surface area contributed by atoms with Crippen LogP contribution in [-0.2, 0) is 19.6 Å². The van der Waals surface area contributed by atoms with E-state index in [-0.39, 0.29) is 23.1 Å². The number of benzene rings is 4. The predicted octanol–water partition coefficient (Wildman–Crippen LogP) is 4.68. The smallest absolute Gasteiger partial charge is 0.264 e. The van der Waals surface area contributed by atoms with Gasteiger partial charge in [-0.25, -0.2) is 13.8 Å². The Morgan fingerprint density at radius 3 is 2.14 bits per heavy atom. The van der Waals surface area contributed by atoms with Crippen LogP contribution in [-0.4, -0.2) is 46.7 Å². The number of ether oxygens (including phenoxy) is 2. The summed E-state index contributed by atoms with van der Waals surface area (Å²) in [5.41, 5.74) is 5.98. The molecule has 0 saturated carbocycles. The van der Waals surface area contributed by atoms with Gasteiger partial charge in [-0.2, -0.15) is 5.10 Å². The van der Waals surface area contributed by atoms with Crippen LogP contribution in [0.5, 0.6) is 11.5 Å². The van der Waals surface area contributed by atoms with Gasteiger partial charge in [-0.3, -0.25) is 13.9 Å². The van der Waals surface area contributed by atoms with E-state index in [4.69, 9.17) is 9.47 Å². The van der Waals surface area contributed by atoms with E-state index in [1.165, 1.54) is 31.5 Å². The number of hydrazone groups is 1. The van der Waals surface area contributed by atoms with Gasteiger partial charge in [0.1, 0.15) is 18.0 Å². The third-order valence-corrected chi connectivity index (χ3v) is 8.01. The van der Waals surface area contributed by atoms with Crippen LogP contribution in [0.1, 0.15) is 16.7 Å². The summed E-state index contributed by atoms with van der Waals surface area (Å²) in [6, 6.07) is 27.0. The Hall–Kier alpha value is -5.16. The number of hydrogen-bond donors (Lipinski definition) is 2. The van der Waals surface area contributed by atoms with Gasteiger partial charge in [-0.05, 0) is 80.1 Å². The molecule has 43 heavy (non-hydrogen) atoms. The van der Waals surface area contributed by atoms with Gasteiger partial charge in [-0.15, -0.1) is 0 Å². The lowest BCUT2D eigenvalue weighted by molar-refractivity contribution is -0.119. The molecule has 0 aliphatic heterocycles. The van der Waals surface area contributed by atoms with E-state index in [0.29, 0.717) is 22.7 Å². The largest absolute Gasteiger partial charge is 0.497 e. The van der Waals surface area contributed by atoms with Crippen molar-refractivity contribution in [2.45, 2.75) is 18.7 Å². The summed E-state index contributed by atoms with van der Waals surface area (Å²) >= 11 is 0. The summed E-state index contributed by atoms with van der Waals surface area (Å²) in [5, 5.41) is 6.74. The molecule has 2 amide bonds. The van der Waals surface area contributed by atoms with E-state index >= 15 is 0 Å². The minimum absolute atomic E-state index is 0.0483. The summed E-state index contributed by atoms with van der Waals surface area (Å²) in [4.78, 5) is 25.0. The predicted molar refractivity (Wildman–Crippen MR) is 166 cm³/mol. The molecule has 4 rings (SSSR count). The molecular formula is C32H32N4O6S. The maximum atomic E-state index is 13.5. The van der Waals surface area contributed by atoms with E-state index in [0.717, 1.165) is 15.4 Å². The number of carbonyl (C=O) groups is 2. The van der Waals surface area contributed by atoms with E-state index in [1.807, 2.05) is 38.1 Å². The van der Waals surface area contributed by atoms with Crippen LogP contribution in [0.25, 0.3) is 0 Å². The average Bonchev–Trinajstić information content (AvgIpc) is 3.01. The Balaban J connectivity index is 1.36. The number of anilines is 2. The van der Waals surface area contributed by atoms with Crippen LogP contribution < -0.4 is 24.5 Å². The summed E-state index contributed by atoms with van der Waals surface area (Å²) < 4.78 is 38.9. The standard InChI is InChI=1S/C32H32N4O6S/c1-23-7-13-26(14-8-23)34-32(38)22-42-28-15-11-25(12-16-28)20-33-35-31(37)21-36(27-5-4-6-29(19-27)41-3)43(39,40)30-17-9-24(2)10-18-30/h4-20H,21-22H2,1-3H3,(H,34,38)(H,35,37)/b33-20-. The third kappa shape index (κ3) is 8.66. The number of hydrogen-bond acceptors (Lipinski definition) is 7. The number of amides is 2. The van der Waals surface area contributed by atoms with Crippen molar-refractivity contribution in [3.63, 3.8) is 0 Å². The van der Waals surface area contributed by atoms with Crippen molar-refractivity contribution < 1.29 is 27.5 Å².